The molecule has 19 heavy (non-hydrogen) atoms. The van der Waals surface area contributed by atoms with Crippen LogP contribution in [0.2, 0.25) is 10.0 Å². The van der Waals surface area contributed by atoms with Crippen molar-refractivity contribution in [1.29, 1.82) is 0 Å². The Bertz CT molecular complexity index is 529. The van der Waals surface area contributed by atoms with E-state index in [1.54, 1.807) is 6.07 Å². The lowest BCUT2D eigenvalue weighted by Crippen LogP contribution is -2.18. The molecule has 100 valence electrons. The molecule has 1 atom stereocenters. The summed E-state index contributed by atoms with van der Waals surface area (Å²) >= 11 is 12.0. The normalized spacial score (nSPS) is 12.4. The molecule has 0 aliphatic heterocycles. The van der Waals surface area contributed by atoms with Gasteiger partial charge in [0.05, 0.1) is 0 Å². The topological polar surface area (TPSA) is 12.0 Å². The highest BCUT2D eigenvalue weighted by molar-refractivity contribution is 6.34. The van der Waals surface area contributed by atoms with Crippen molar-refractivity contribution >= 4 is 23.2 Å². The zero-order valence-corrected chi connectivity index (χ0v) is 12.6. The molecule has 0 amide bonds. The summed E-state index contributed by atoms with van der Waals surface area (Å²) in [6.45, 7) is 4.99. The summed E-state index contributed by atoms with van der Waals surface area (Å²) in [6, 6.07) is 14.5. The standard InChI is InChI=1S/C16H17Cl2N/c1-11-3-5-14(6-4-11)12(2)19-10-13-7-15(17)9-16(18)8-13/h3-9,12,19H,10H2,1-2H3/t12-/m0/s1. The summed E-state index contributed by atoms with van der Waals surface area (Å²) in [4.78, 5) is 0. The molecule has 2 aromatic carbocycles. The smallest absolute Gasteiger partial charge is 0.0424 e. The van der Waals surface area contributed by atoms with Gasteiger partial charge in [0.15, 0.2) is 0 Å². The Kier molecular flexibility index (Phi) is 4.87. The first kappa shape index (κ1) is 14.4. The van der Waals surface area contributed by atoms with Crippen molar-refractivity contribution in [2.75, 3.05) is 0 Å². The Morgan fingerprint density at radius 3 is 2.16 bits per heavy atom. The van der Waals surface area contributed by atoms with Crippen LogP contribution in [0.3, 0.4) is 0 Å². The molecule has 0 fully saturated rings. The van der Waals surface area contributed by atoms with Gasteiger partial charge in [0, 0.05) is 22.6 Å². The maximum atomic E-state index is 5.99. The van der Waals surface area contributed by atoms with Gasteiger partial charge < -0.3 is 5.32 Å². The zero-order valence-electron chi connectivity index (χ0n) is 11.1. The Morgan fingerprint density at radius 2 is 1.58 bits per heavy atom. The molecule has 0 aromatic heterocycles. The van der Waals surface area contributed by atoms with Crippen LogP contribution in [-0.4, -0.2) is 0 Å². The predicted molar refractivity (Wildman–Crippen MR) is 82.9 cm³/mol. The van der Waals surface area contributed by atoms with Crippen LogP contribution in [0.4, 0.5) is 0 Å². The quantitative estimate of drug-likeness (QED) is 0.822. The summed E-state index contributed by atoms with van der Waals surface area (Å²) in [5, 5.41) is 4.82. The van der Waals surface area contributed by atoms with Gasteiger partial charge in [0.25, 0.3) is 0 Å². The maximum Gasteiger partial charge on any atom is 0.0424 e. The average molecular weight is 294 g/mol. The van der Waals surface area contributed by atoms with Crippen LogP contribution in [0.15, 0.2) is 42.5 Å². The van der Waals surface area contributed by atoms with E-state index in [9.17, 15) is 0 Å². The second-order valence-corrected chi connectivity index (χ2v) is 5.66. The molecule has 0 aliphatic carbocycles. The Balaban J connectivity index is 1.99. The van der Waals surface area contributed by atoms with Crippen molar-refractivity contribution in [2.24, 2.45) is 0 Å². The highest BCUT2D eigenvalue weighted by atomic mass is 35.5. The molecule has 1 nitrogen and oxygen atoms in total. The Morgan fingerprint density at radius 1 is 1.00 bits per heavy atom. The van der Waals surface area contributed by atoms with E-state index in [4.69, 9.17) is 23.2 Å². The number of rotatable bonds is 4. The van der Waals surface area contributed by atoms with Crippen molar-refractivity contribution in [2.45, 2.75) is 26.4 Å². The number of hydrogen-bond acceptors (Lipinski definition) is 1. The lowest BCUT2D eigenvalue weighted by Gasteiger charge is -2.15. The minimum atomic E-state index is 0.290. The fourth-order valence-electron chi connectivity index (χ4n) is 1.96. The molecule has 0 saturated heterocycles. The van der Waals surface area contributed by atoms with Crippen LogP contribution in [0, 0.1) is 6.92 Å². The number of benzene rings is 2. The van der Waals surface area contributed by atoms with E-state index in [1.165, 1.54) is 11.1 Å². The highest BCUT2D eigenvalue weighted by Crippen LogP contribution is 2.20. The Labute approximate surface area is 124 Å². The van der Waals surface area contributed by atoms with Gasteiger partial charge in [0.1, 0.15) is 0 Å². The first-order chi connectivity index (χ1) is 9.04. The third-order valence-electron chi connectivity index (χ3n) is 3.11. The van der Waals surface area contributed by atoms with Gasteiger partial charge in [-0.05, 0) is 43.2 Å². The third-order valence-corrected chi connectivity index (χ3v) is 3.55. The summed E-state index contributed by atoms with van der Waals surface area (Å²) in [6.07, 6.45) is 0. The fourth-order valence-corrected chi connectivity index (χ4v) is 2.53. The van der Waals surface area contributed by atoms with Gasteiger partial charge in [-0.3, -0.25) is 0 Å². The minimum Gasteiger partial charge on any atom is -0.306 e. The van der Waals surface area contributed by atoms with Gasteiger partial charge >= 0.3 is 0 Å². The van der Waals surface area contributed by atoms with Crippen LogP contribution < -0.4 is 5.32 Å². The van der Waals surface area contributed by atoms with Crippen LogP contribution in [-0.2, 0) is 6.54 Å². The lowest BCUT2D eigenvalue weighted by molar-refractivity contribution is 0.574. The largest absolute Gasteiger partial charge is 0.306 e. The van der Waals surface area contributed by atoms with Gasteiger partial charge in [0.2, 0.25) is 0 Å². The van der Waals surface area contributed by atoms with E-state index in [0.29, 0.717) is 16.1 Å². The highest BCUT2D eigenvalue weighted by Gasteiger charge is 2.05. The second-order valence-electron chi connectivity index (χ2n) is 4.79. The molecule has 0 heterocycles. The van der Waals surface area contributed by atoms with E-state index in [1.807, 2.05) is 12.1 Å². The van der Waals surface area contributed by atoms with Crippen LogP contribution in [0.1, 0.15) is 29.7 Å². The average Bonchev–Trinajstić information content (AvgIpc) is 2.36. The molecule has 2 rings (SSSR count). The van der Waals surface area contributed by atoms with Crippen molar-refractivity contribution in [3.8, 4) is 0 Å². The van der Waals surface area contributed by atoms with Crippen LogP contribution >= 0.6 is 23.2 Å². The van der Waals surface area contributed by atoms with Gasteiger partial charge in [-0.1, -0.05) is 53.0 Å². The second kappa shape index (κ2) is 6.42. The first-order valence-corrected chi connectivity index (χ1v) is 7.05. The molecular weight excluding hydrogens is 277 g/mol. The van der Waals surface area contributed by atoms with Crippen LogP contribution in [0.5, 0.6) is 0 Å². The molecule has 3 heteroatoms. The predicted octanol–water partition coefficient (Wildman–Crippen LogP) is 5.15. The Hall–Kier alpha value is -1.02. The summed E-state index contributed by atoms with van der Waals surface area (Å²) in [7, 11) is 0. The fraction of sp³-hybridized carbons (Fsp3) is 0.250. The van der Waals surface area contributed by atoms with E-state index in [-0.39, 0.29) is 0 Å². The number of nitrogens with one attached hydrogen (secondary N) is 1. The number of halogens is 2. The van der Waals surface area contributed by atoms with Crippen molar-refractivity contribution < 1.29 is 0 Å². The molecular formula is C16H17Cl2N. The molecule has 0 radical (unpaired) electrons. The monoisotopic (exact) mass is 293 g/mol. The van der Waals surface area contributed by atoms with Gasteiger partial charge in [-0.2, -0.15) is 0 Å². The van der Waals surface area contributed by atoms with Gasteiger partial charge in [-0.25, -0.2) is 0 Å². The third kappa shape index (κ3) is 4.24. The van der Waals surface area contributed by atoms with Crippen LogP contribution in [0.25, 0.3) is 0 Å². The summed E-state index contributed by atoms with van der Waals surface area (Å²) in [5.41, 5.74) is 3.65. The van der Waals surface area contributed by atoms with Crippen molar-refractivity contribution in [1.82, 2.24) is 5.32 Å². The number of aryl methyl sites for hydroxylation is 1. The molecule has 2 aromatic rings. The summed E-state index contributed by atoms with van der Waals surface area (Å²) in [5.74, 6) is 0. The first-order valence-electron chi connectivity index (χ1n) is 6.29. The minimum absolute atomic E-state index is 0.290. The van der Waals surface area contributed by atoms with E-state index < -0.39 is 0 Å². The molecule has 1 N–H and O–H groups in total. The van der Waals surface area contributed by atoms with Crippen molar-refractivity contribution in [3.05, 3.63) is 69.2 Å². The molecule has 0 unspecified atom stereocenters. The van der Waals surface area contributed by atoms with Crippen molar-refractivity contribution in [3.63, 3.8) is 0 Å². The van der Waals surface area contributed by atoms with E-state index >= 15 is 0 Å². The summed E-state index contributed by atoms with van der Waals surface area (Å²) < 4.78 is 0. The van der Waals surface area contributed by atoms with Gasteiger partial charge in [-0.15, -0.1) is 0 Å². The zero-order chi connectivity index (χ0) is 13.8. The SMILES string of the molecule is Cc1ccc([C@H](C)NCc2cc(Cl)cc(Cl)c2)cc1. The molecule has 0 saturated carbocycles. The molecule has 0 spiro atoms. The molecule has 0 bridgehead atoms. The molecule has 0 aliphatic rings. The van der Waals surface area contributed by atoms with E-state index in [2.05, 4.69) is 43.4 Å². The maximum absolute atomic E-state index is 5.99. The number of hydrogen-bond donors (Lipinski definition) is 1. The van der Waals surface area contributed by atoms with E-state index in [0.717, 1.165) is 12.1 Å². The lowest BCUT2D eigenvalue weighted by atomic mass is 10.1.